The number of rotatable bonds is 3. The Hall–Kier alpha value is -1.16. The highest BCUT2D eigenvalue weighted by molar-refractivity contribution is 5.66. The molecule has 1 N–H and O–H groups in total. The number of aliphatic hydroxyl groups is 1. The van der Waals surface area contributed by atoms with E-state index in [0.717, 1.165) is 32.5 Å². The molecule has 2 aliphatic carbocycles. The average molecular weight is 357 g/mol. The molecular weight excluding hydrogens is 324 g/mol. The van der Waals surface area contributed by atoms with E-state index >= 15 is 0 Å². The lowest BCUT2D eigenvalue weighted by molar-refractivity contribution is -0.226. The maximum atomic E-state index is 9.65. The van der Waals surface area contributed by atoms with Crippen molar-refractivity contribution in [2.75, 3.05) is 13.2 Å². The van der Waals surface area contributed by atoms with Gasteiger partial charge in [0, 0.05) is 11.8 Å². The quantitative estimate of drug-likeness (QED) is 0.837. The van der Waals surface area contributed by atoms with Crippen molar-refractivity contribution in [1.82, 2.24) is 0 Å². The summed E-state index contributed by atoms with van der Waals surface area (Å²) in [6, 6.07) is 9.20. The summed E-state index contributed by atoms with van der Waals surface area (Å²) in [5, 5.41) is 9.65. The average Bonchev–Trinajstić information content (AvgIpc) is 2.70. The maximum absolute atomic E-state index is 9.65. The molecule has 1 saturated heterocycles. The van der Waals surface area contributed by atoms with Gasteiger partial charge in [-0.25, -0.2) is 0 Å². The Morgan fingerprint density at radius 3 is 2.23 bits per heavy atom. The summed E-state index contributed by atoms with van der Waals surface area (Å²) in [4.78, 5) is 0. The molecule has 0 spiro atoms. The molecule has 2 fully saturated rings. The standard InChI is InChI=1S/C23H32O3/c1-16-14-25-23(26-15-16)21-8-6-19(7-9-21)17-2-4-18(5-3-17)20-10-12-22(24)13-11-20/h2-5,10,16,19,21-24H,6-9,11-15H2,1H3. The topological polar surface area (TPSA) is 38.7 Å². The molecule has 1 unspecified atom stereocenters. The fraction of sp³-hybridized carbons (Fsp3) is 0.652. The van der Waals surface area contributed by atoms with Gasteiger partial charge in [-0.1, -0.05) is 37.3 Å². The van der Waals surface area contributed by atoms with Crippen molar-refractivity contribution in [3.05, 3.63) is 41.5 Å². The fourth-order valence-corrected chi connectivity index (χ4v) is 4.66. The summed E-state index contributed by atoms with van der Waals surface area (Å²) in [6.45, 7) is 3.88. The molecule has 0 bridgehead atoms. The van der Waals surface area contributed by atoms with E-state index in [1.54, 1.807) is 0 Å². The van der Waals surface area contributed by atoms with E-state index in [-0.39, 0.29) is 12.4 Å². The molecule has 1 saturated carbocycles. The molecule has 4 rings (SSSR count). The van der Waals surface area contributed by atoms with Crippen molar-refractivity contribution >= 4 is 5.57 Å². The Bertz CT molecular complexity index is 605. The molecule has 3 aliphatic rings. The zero-order chi connectivity index (χ0) is 17.9. The second kappa shape index (κ2) is 8.24. The third-order valence-corrected chi connectivity index (χ3v) is 6.38. The van der Waals surface area contributed by atoms with Crippen LogP contribution in [0, 0.1) is 11.8 Å². The predicted octanol–water partition coefficient (Wildman–Crippen LogP) is 4.90. The first kappa shape index (κ1) is 18.2. The van der Waals surface area contributed by atoms with Crippen LogP contribution in [-0.2, 0) is 9.47 Å². The number of benzene rings is 1. The minimum absolute atomic E-state index is 0.0307. The van der Waals surface area contributed by atoms with Gasteiger partial charge in [0.15, 0.2) is 6.29 Å². The van der Waals surface area contributed by atoms with Crippen molar-refractivity contribution in [3.63, 3.8) is 0 Å². The van der Waals surface area contributed by atoms with E-state index in [0.29, 0.717) is 17.8 Å². The largest absolute Gasteiger partial charge is 0.393 e. The second-order valence-corrected chi connectivity index (χ2v) is 8.53. The van der Waals surface area contributed by atoms with Crippen molar-refractivity contribution in [2.45, 2.75) is 70.2 Å². The summed E-state index contributed by atoms with van der Waals surface area (Å²) in [5.41, 5.74) is 4.20. The SMILES string of the molecule is CC1COC(C2CCC(c3ccc(C4=CCC(O)CC4)cc3)CC2)OC1. The molecule has 3 heteroatoms. The van der Waals surface area contributed by atoms with E-state index in [1.807, 2.05) is 0 Å². The first-order valence-corrected chi connectivity index (χ1v) is 10.4. The Kier molecular flexibility index (Phi) is 5.78. The van der Waals surface area contributed by atoms with Gasteiger partial charge in [-0.2, -0.15) is 0 Å². The molecule has 142 valence electrons. The second-order valence-electron chi connectivity index (χ2n) is 8.53. The van der Waals surface area contributed by atoms with E-state index in [9.17, 15) is 5.11 Å². The highest BCUT2D eigenvalue weighted by Crippen LogP contribution is 2.39. The first-order chi connectivity index (χ1) is 12.7. The lowest BCUT2D eigenvalue weighted by Gasteiger charge is -2.37. The molecular formula is C23H32O3. The monoisotopic (exact) mass is 356 g/mol. The lowest BCUT2D eigenvalue weighted by atomic mass is 9.78. The third-order valence-electron chi connectivity index (χ3n) is 6.38. The van der Waals surface area contributed by atoms with Crippen LogP contribution in [0.5, 0.6) is 0 Å². The molecule has 0 radical (unpaired) electrons. The highest BCUT2D eigenvalue weighted by Gasteiger charge is 2.32. The highest BCUT2D eigenvalue weighted by atomic mass is 16.7. The van der Waals surface area contributed by atoms with Crippen molar-refractivity contribution in [1.29, 1.82) is 0 Å². The number of ether oxygens (including phenoxy) is 2. The Labute approximate surface area is 157 Å². The minimum Gasteiger partial charge on any atom is -0.393 e. The van der Waals surface area contributed by atoms with Gasteiger partial charge in [-0.05, 0) is 67.6 Å². The summed E-state index contributed by atoms with van der Waals surface area (Å²) < 4.78 is 11.8. The van der Waals surface area contributed by atoms with Crippen LogP contribution in [0.3, 0.4) is 0 Å². The van der Waals surface area contributed by atoms with Gasteiger partial charge in [0.2, 0.25) is 0 Å². The molecule has 1 aliphatic heterocycles. The number of aliphatic hydroxyl groups excluding tert-OH is 1. The van der Waals surface area contributed by atoms with Crippen LogP contribution in [-0.4, -0.2) is 30.7 Å². The summed E-state index contributed by atoms with van der Waals surface area (Å²) in [6.07, 6.45) is 9.65. The summed E-state index contributed by atoms with van der Waals surface area (Å²) in [7, 11) is 0. The van der Waals surface area contributed by atoms with E-state index in [2.05, 4.69) is 37.3 Å². The fourth-order valence-electron chi connectivity index (χ4n) is 4.66. The zero-order valence-electron chi connectivity index (χ0n) is 15.9. The van der Waals surface area contributed by atoms with Crippen molar-refractivity contribution in [2.24, 2.45) is 11.8 Å². The van der Waals surface area contributed by atoms with Crippen LogP contribution in [0.2, 0.25) is 0 Å². The van der Waals surface area contributed by atoms with E-state index in [4.69, 9.17) is 9.47 Å². The van der Waals surface area contributed by atoms with Gasteiger partial charge >= 0.3 is 0 Å². The van der Waals surface area contributed by atoms with Gasteiger partial charge in [-0.3, -0.25) is 0 Å². The number of hydrogen-bond donors (Lipinski definition) is 1. The summed E-state index contributed by atoms with van der Waals surface area (Å²) in [5.74, 6) is 1.77. The molecule has 0 aromatic heterocycles. The first-order valence-electron chi connectivity index (χ1n) is 10.4. The Balaban J connectivity index is 1.32. The summed E-state index contributed by atoms with van der Waals surface area (Å²) >= 11 is 0. The maximum Gasteiger partial charge on any atom is 0.160 e. The smallest absolute Gasteiger partial charge is 0.160 e. The lowest BCUT2D eigenvalue weighted by Crippen LogP contribution is -2.37. The molecule has 1 aromatic rings. The van der Waals surface area contributed by atoms with Gasteiger partial charge in [-0.15, -0.1) is 0 Å². The van der Waals surface area contributed by atoms with Crippen LogP contribution >= 0.6 is 0 Å². The van der Waals surface area contributed by atoms with Crippen LogP contribution < -0.4 is 0 Å². The van der Waals surface area contributed by atoms with Crippen LogP contribution in [0.4, 0.5) is 0 Å². The molecule has 1 aromatic carbocycles. The molecule has 1 atom stereocenters. The predicted molar refractivity (Wildman–Crippen MR) is 104 cm³/mol. The van der Waals surface area contributed by atoms with Crippen molar-refractivity contribution < 1.29 is 14.6 Å². The van der Waals surface area contributed by atoms with Gasteiger partial charge in [0.1, 0.15) is 0 Å². The molecule has 26 heavy (non-hydrogen) atoms. The Morgan fingerprint density at radius 2 is 1.62 bits per heavy atom. The number of allylic oxidation sites excluding steroid dienone is 1. The molecule has 0 amide bonds. The Morgan fingerprint density at radius 1 is 0.923 bits per heavy atom. The normalized spacial score (nSPS) is 35.8. The van der Waals surface area contributed by atoms with E-state index in [1.165, 1.54) is 42.4 Å². The van der Waals surface area contributed by atoms with Gasteiger partial charge in [0.25, 0.3) is 0 Å². The molecule has 1 heterocycles. The van der Waals surface area contributed by atoms with Crippen molar-refractivity contribution in [3.8, 4) is 0 Å². The number of hydrogen-bond acceptors (Lipinski definition) is 3. The minimum atomic E-state index is -0.145. The van der Waals surface area contributed by atoms with Crippen LogP contribution in [0.25, 0.3) is 5.57 Å². The van der Waals surface area contributed by atoms with Crippen LogP contribution in [0.15, 0.2) is 30.3 Å². The van der Waals surface area contributed by atoms with Gasteiger partial charge in [0.05, 0.1) is 19.3 Å². The zero-order valence-corrected chi connectivity index (χ0v) is 15.9. The van der Waals surface area contributed by atoms with E-state index < -0.39 is 0 Å². The third kappa shape index (κ3) is 4.21. The van der Waals surface area contributed by atoms with Gasteiger partial charge < -0.3 is 14.6 Å². The molecule has 3 nitrogen and oxygen atoms in total. The van der Waals surface area contributed by atoms with Crippen LogP contribution in [0.1, 0.15) is 68.9 Å².